The normalized spacial score (nSPS) is 12.7. The molecular formula is C9H11ClN4OS. The Morgan fingerprint density at radius 1 is 1.56 bits per heavy atom. The number of aromatic nitrogens is 3. The molecule has 16 heavy (non-hydrogen) atoms. The second kappa shape index (κ2) is 4.80. The third kappa shape index (κ3) is 2.70. The number of hydrogen-bond acceptors (Lipinski definition) is 6. The summed E-state index contributed by atoms with van der Waals surface area (Å²) in [6.07, 6.45) is 1.84. The summed E-state index contributed by atoms with van der Waals surface area (Å²) in [5.41, 5.74) is 0. The van der Waals surface area contributed by atoms with Gasteiger partial charge in [0.25, 0.3) is 0 Å². The SMILES string of the molecule is Cc1cnc(CNc2nnc(C(C)Cl)o2)s1. The number of nitrogens with one attached hydrogen (secondary N) is 1. The van der Waals surface area contributed by atoms with Gasteiger partial charge in [-0.05, 0) is 13.8 Å². The molecule has 2 aromatic heterocycles. The van der Waals surface area contributed by atoms with Crippen LogP contribution in [0.2, 0.25) is 0 Å². The van der Waals surface area contributed by atoms with E-state index in [2.05, 4.69) is 20.5 Å². The lowest BCUT2D eigenvalue weighted by Gasteiger charge is -1.96. The van der Waals surface area contributed by atoms with E-state index in [0.29, 0.717) is 18.5 Å². The van der Waals surface area contributed by atoms with E-state index >= 15 is 0 Å². The Balaban J connectivity index is 1.94. The van der Waals surface area contributed by atoms with Crippen molar-refractivity contribution in [3.63, 3.8) is 0 Å². The van der Waals surface area contributed by atoms with Crippen LogP contribution in [0, 0.1) is 6.92 Å². The molecule has 0 bridgehead atoms. The van der Waals surface area contributed by atoms with E-state index in [1.807, 2.05) is 13.1 Å². The third-order valence-corrected chi connectivity index (χ3v) is 2.94. The first kappa shape index (κ1) is 11.3. The summed E-state index contributed by atoms with van der Waals surface area (Å²) in [7, 11) is 0. The van der Waals surface area contributed by atoms with Crippen LogP contribution in [0.5, 0.6) is 0 Å². The molecule has 1 unspecified atom stereocenters. The summed E-state index contributed by atoms with van der Waals surface area (Å²) >= 11 is 7.43. The van der Waals surface area contributed by atoms with Crippen LogP contribution < -0.4 is 5.32 Å². The van der Waals surface area contributed by atoms with E-state index in [4.69, 9.17) is 16.0 Å². The number of aryl methyl sites for hydroxylation is 1. The number of rotatable bonds is 4. The Kier molecular flexibility index (Phi) is 3.40. The van der Waals surface area contributed by atoms with Crippen molar-refractivity contribution in [1.29, 1.82) is 0 Å². The van der Waals surface area contributed by atoms with E-state index in [1.165, 1.54) is 4.88 Å². The zero-order valence-electron chi connectivity index (χ0n) is 8.90. The lowest BCUT2D eigenvalue weighted by Crippen LogP contribution is -1.98. The highest BCUT2D eigenvalue weighted by molar-refractivity contribution is 7.11. The average Bonchev–Trinajstić information content (AvgIpc) is 2.83. The summed E-state index contributed by atoms with van der Waals surface area (Å²) in [4.78, 5) is 5.39. The average molecular weight is 259 g/mol. The van der Waals surface area contributed by atoms with Crippen molar-refractivity contribution in [2.24, 2.45) is 0 Å². The molecular weight excluding hydrogens is 248 g/mol. The quantitative estimate of drug-likeness (QED) is 0.855. The summed E-state index contributed by atoms with van der Waals surface area (Å²) in [5, 5.41) is 11.3. The van der Waals surface area contributed by atoms with E-state index < -0.39 is 0 Å². The number of anilines is 1. The first-order chi connectivity index (χ1) is 7.65. The van der Waals surface area contributed by atoms with E-state index in [0.717, 1.165) is 5.01 Å². The van der Waals surface area contributed by atoms with Crippen molar-refractivity contribution < 1.29 is 4.42 Å². The van der Waals surface area contributed by atoms with Gasteiger partial charge in [0.1, 0.15) is 10.4 Å². The van der Waals surface area contributed by atoms with Gasteiger partial charge in [-0.15, -0.1) is 28.0 Å². The van der Waals surface area contributed by atoms with Gasteiger partial charge in [-0.3, -0.25) is 0 Å². The molecule has 2 rings (SSSR count). The Morgan fingerprint density at radius 2 is 2.38 bits per heavy atom. The van der Waals surface area contributed by atoms with Crippen LogP contribution >= 0.6 is 22.9 Å². The maximum atomic E-state index is 5.80. The van der Waals surface area contributed by atoms with Crippen molar-refractivity contribution in [3.05, 3.63) is 22.0 Å². The smallest absolute Gasteiger partial charge is 0.315 e. The molecule has 2 aromatic rings. The van der Waals surface area contributed by atoms with Gasteiger partial charge in [0.2, 0.25) is 5.89 Å². The van der Waals surface area contributed by atoms with Gasteiger partial charge in [-0.2, -0.15) is 0 Å². The predicted molar refractivity (Wildman–Crippen MR) is 62.7 cm³/mol. The van der Waals surface area contributed by atoms with E-state index in [-0.39, 0.29) is 5.38 Å². The molecule has 5 nitrogen and oxygen atoms in total. The largest absolute Gasteiger partial charge is 0.406 e. The zero-order chi connectivity index (χ0) is 11.5. The van der Waals surface area contributed by atoms with Crippen molar-refractivity contribution in [2.75, 3.05) is 5.32 Å². The number of hydrogen-bond donors (Lipinski definition) is 1. The third-order valence-electron chi connectivity index (χ3n) is 1.84. The second-order valence-electron chi connectivity index (χ2n) is 3.28. The summed E-state index contributed by atoms with van der Waals surface area (Å²) in [5.74, 6) is 0.416. The van der Waals surface area contributed by atoms with E-state index in [1.54, 1.807) is 18.3 Å². The molecule has 0 radical (unpaired) electrons. The summed E-state index contributed by atoms with van der Waals surface area (Å²) in [6, 6.07) is 0.371. The highest BCUT2D eigenvalue weighted by Crippen LogP contribution is 2.20. The standard InChI is InChI=1S/C9H11ClN4OS/c1-5-3-11-7(16-5)4-12-9-14-13-8(15-9)6(2)10/h3,6H,4H2,1-2H3,(H,12,14). The molecule has 0 spiro atoms. The molecule has 0 fully saturated rings. The lowest BCUT2D eigenvalue weighted by molar-refractivity contribution is 0.505. The number of halogens is 1. The van der Waals surface area contributed by atoms with Crippen LogP contribution in [0.3, 0.4) is 0 Å². The maximum Gasteiger partial charge on any atom is 0.315 e. The van der Waals surface area contributed by atoms with Gasteiger partial charge < -0.3 is 9.73 Å². The number of nitrogens with zero attached hydrogens (tertiary/aromatic N) is 3. The molecule has 0 aromatic carbocycles. The molecule has 1 atom stereocenters. The molecule has 86 valence electrons. The highest BCUT2D eigenvalue weighted by Gasteiger charge is 2.10. The minimum Gasteiger partial charge on any atom is -0.406 e. The fraction of sp³-hybridized carbons (Fsp3) is 0.444. The second-order valence-corrected chi connectivity index (χ2v) is 5.25. The topological polar surface area (TPSA) is 63.8 Å². The van der Waals surface area contributed by atoms with Crippen molar-refractivity contribution >= 4 is 29.0 Å². The first-order valence-electron chi connectivity index (χ1n) is 4.78. The van der Waals surface area contributed by atoms with Gasteiger partial charge in [0.15, 0.2) is 0 Å². The molecule has 0 saturated carbocycles. The Hall–Kier alpha value is -1.14. The summed E-state index contributed by atoms with van der Waals surface area (Å²) in [6.45, 7) is 4.38. The minimum absolute atomic E-state index is 0.273. The molecule has 0 saturated heterocycles. The van der Waals surface area contributed by atoms with Gasteiger partial charge in [0, 0.05) is 11.1 Å². The molecule has 0 aliphatic heterocycles. The van der Waals surface area contributed by atoms with Crippen LogP contribution in [-0.4, -0.2) is 15.2 Å². The van der Waals surface area contributed by atoms with Crippen LogP contribution in [0.25, 0.3) is 0 Å². The van der Waals surface area contributed by atoms with Gasteiger partial charge in [-0.25, -0.2) is 4.98 Å². The fourth-order valence-electron chi connectivity index (χ4n) is 1.10. The van der Waals surface area contributed by atoms with E-state index in [9.17, 15) is 0 Å². The van der Waals surface area contributed by atoms with Crippen LogP contribution in [0.4, 0.5) is 6.01 Å². The zero-order valence-corrected chi connectivity index (χ0v) is 10.5. The monoisotopic (exact) mass is 258 g/mol. The Bertz CT molecular complexity index is 468. The molecule has 1 N–H and O–H groups in total. The Labute approximate surface area is 102 Å². The first-order valence-corrected chi connectivity index (χ1v) is 6.03. The maximum absolute atomic E-state index is 5.80. The van der Waals surface area contributed by atoms with Gasteiger partial charge in [-0.1, -0.05) is 5.10 Å². The molecule has 0 aliphatic carbocycles. The Morgan fingerprint density at radius 3 is 2.94 bits per heavy atom. The lowest BCUT2D eigenvalue weighted by atomic mass is 10.5. The van der Waals surface area contributed by atoms with Gasteiger partial charge in [0.05, 0.1) is 6.54 Å². The predicted octanol–water partition coefficient (Wildman–Crippen LogP) is 2.75. The van der Waals surface area contributed by atoms with Crippen molar-refractivity contribution in [1.82, 2.24) is 15.2 Å². The molecule has 2 heterocycles. The fourth-order valence-corrected chi connectivity index (χ4v) is 1.92. The summed E-state index contributed by atoms with van der Waals surface area (Å²) < 4.78 is 5.29. The van der Waals surface area contributed by atoms with Crippen molar-refractivity contribution in [2.45, 2.75) is 25.8 Å². The van der Waals surface area contributed by atoms with Crippen LogP contribution in [0.15, 0.2) is 10.6 Å². The molecule has 0 amide bonds. The number of thiazole rings is 1. The van der Waals surface area contributed by atoms with Crippen LogP contribution in [-0.2, 0) is 6.54 Å². The van der Waals surface area contributed by atoms with Crippen molar-refractivity contribution in [3.8, 4) is 0 Å². The molecule has 0 aliphatic rings. The highest BCUT2D eigenvalue weighted by atomic mass is 35.5. The molecule has 7 heteroatoms. The number of alkyl halides is 1. The van der Waals surface area contributed by atoms with Gasteiger partial charge >= 0.3 is 6.01 Å². The minimum atomic E-state index is -0.273. The van der Waals surface area contributed by atoms with Crippen LogP contribution in [0.1, 0.15) is 28.1 Å².